The van der Waals surface area contributed by atoms with Gasteiger partial charge in [-0.3, -0.25) is 19.5 Å². The minimum absolute atomic E-state index is 0.00870. The molecule has 0 aliphatic carbocycles. The number of likely N-dealkylation sites (tertiary alicyclic amines) is 1. The van der Waals surface area contributed by atoms with Gasteiger partial charge in [0.15, 0.2) is 5.78 Å². The Balaban J connectivity index is 1.27. The van der Waals surface area contributed by atoms with Crippen molar-refractivity contribution in [3.63, 3.8) is 0 Å². The SMILES string of the molecule is CN1C(=C(C#N)C(=O)CCC(=O)NC2CCN(Cc3ccccn3)CC2)N(C)c2ccccc21. The van der Waals surface area contributed by atoms with Gasteiger partial charge in [0.05, 0.1) is 17.1 Å². The van der Waals surface area contributed by atoms with Crippen LogP contribution in [0.3, 0.4) is 0 Å². The zero-order valence-corrected chi connectivity index (χ0v) is 19.7. The number of para-hydroxylation sites is 2. The quantitative estimate of drug-likeness (QED) is 0.504. The molecule has 8 nitrogen and oxygen atoms in total. The first-order chi connectivity index (χ1) is 16.5. The summed E-state index contributed by atoms with van der Waals surface area (Å²) >= 11 is 0. The molecule has 0 saturated carbocycles. The van der Waals surface area contributed by atoms with E-state index in [-0.39, 0.29) is 36.1 Å². The second-order valence-corrected chi connectivity index (χ2v) is 8.78. The highest BCUT2D eigenvalue weighted by Crippen LogP contribution is 2.40. The number of fused-ring (bicyclic) bond motifs is 1. The van der Waals surface area contributed by atoms with Crippen LogP contribution in [0, 0.1) is 11.3 Å². The lowest BCUT2D eigenvalue weighted by Crippen LogP contribution is -2.44. The fourth-order valence-corrected chi connectivity index (χ4v) is 4.67. The Morgan fingerprint density at radius 3 is 2.26 bits per heavy atom. The summed E-state index contributed by atoms with van der Waals surface area (Å²) in [7, 11) is 3.68. The van der Waals surface area contributed by atoms with E-state index in [0.717, 1.165) is 49.5 Å². The van der Waals surface area contributed by atoms with Crippen LogP contribution in [0.5, 0.6) is 0 Å². The summed E-state index contributed by atoms with van der Waals surface area (Å²) in [5.41, 5.74) is 3.00. The Labute approximate surface area is 200 Å². The van der Waals surface area contributed by atoms with Gasteiger partial charge < -0.3 is 15.1 Å². The summed E-state index contributed by atoms with van der Waals surface area (Å²) in [6.07, 6.45) is 3.63. The predicted molar refractivity (Wildman–Crippen MR) is 131 cm³/mol. The van der Waals surface area contributed by atoms with Gasteiger partial charge in [-0.05, 0) is 37.1 Å². The van der Waals surface area contributed by atoms with Crippen molar-refractivity contribution in [2.75, 3.05) is 37.0 Å². The predicted octanol–water partition coefficient (Wildman–Crippen LogP) is 2.83. The van der Waals surface area contributed by atoms with Gasteiger partial charge in [0.1, 0.15) is 17.5 Å². The summed E-state index contributed by atoms with van der Waals surface area (Å²) in [4.78, 5) is 35.8. The van der Waals surface area contributed by atoms with Gasteiger partial charge in [-0.1, -0.05) is 18.2 Å². The number of nitriles is 1. The fraction of sp³-hybridized carbons (Fsp3) is 0.385. The molecule has 3 heterocycles. The Hall–Kier alpha value is -3.70. The van der Waals surface area contributed by atoms with Crippen molar-refractivity contribution in [2.24, 2.45) is 0 Å². The average molecular weight is 459 g/mol. The van der Waals surface area contributed by atoms with Gasteiger partial charge in [0.25, 0.3) is 0 Å². The van der Waals surface area contributed by atoms with Crippen molar-refractivity contribution in [3.05, 3.63) is 65.7 Å². The van der Waals surface area contributed by atoms with Crippen LogP contribution in [0.25, 0.3) is 0 Å². The van der Waals surface area contributed by atoms with Gasteiger partial charge >= 0.3 is 0 Å². The molecule has 0 radical (unpaired) electrons. The fourth-order valence-electron chi connectivity index (χ4n) is 4.67. The second-order valence-electron chi connectivity index (χ2n) is 8.78. The van der Waals surface area contributed by atoms with Crippen LogP contribution in [0.15, 0.2) is 60.1 Å². The number of hydrogen-bond acceptors (Lipinski definition) is 7. The molecular formula is C26H30N6O2. The Morgan fingerprint density at radius 1 is 1.03 bits per heavy atom. The number of amides is 1. The molecule has 0 atom stereocenters. The maximum Gasteiger partial charge on any atom is 0.220 e. The number of aromatic nitrogens is 1. The lowest BCUT2D eigenvalue weighted by Gasteiger charge is -2.32. The first-order valence-corrected chi connectivity index (χ1v) is 11.6. The van der Waals surface area contributed by atoms with Crippen molar-refractivity contribution in [2.45, 2.75) is 38.3 Å². The van der Waals surface area contributed by atoms with E-state index in [4.69, 9.17) is 0 Å². The lowest BCUT2D eigenvalue weighted by molar-refractivity contribution is -0.124. The number of carbonyl (C=O) groups is 2. The topological polar surface area (TPSA) is 92.6 Å². The number of ketones is 1. The molecule has 2 aromatic rings. The molecule has 0 bridgehead atoms. The van der Waals surface area contributed by atoms with Crippen molar-refractivity contribution in [1.82, 2.24) is 15.2 Å². The lowest BCUT2D eigenvalue weighted by atomic mass is 10.0. The Bertz CT molecular complexity index is 1080. The second kappa shape index (κ2) is 10.5. The molecule has 1 fully saturated rings. The van der Waals surface area contributed by atoms with Gasteiger partial charge in [0, 0.05) is 58.8 Å². The van der Waals surface area contributed by atoms with Crippen LogP contribution < -0.4 is 15.1 Å². The minimum atomic E-state index is -0.315. The summed E-state index contributed by atoms with van der Waals surface area (Å²) in [5.74, 6) is 0.0916. The van der Waals surface area contributed by atoms with E-state index in [1.165, 1.54) is 0 Å². The molecule has 4 rings (SSSR count). The highest BCUT2D eigenvalue weighted by atomic mass is 16.2. The number of hydrogen-bond donors (Lipinski definition) is 1. The van der Waals surface area contributed by atoms with E-state index < -0.39 is 0 Å². The molecule has 0 spiro atoms. The number of pyridine rings is 1. The van der Waals surface area contributed by atoms with Crippen molar-refractivity contribution < 1.29 is 9.59 Å². The van der Waals surface area contributed by atoms with E-state index in [0.29, 0.717) is 5.82 Å². The number of benzene rings is 1. The highest BCUT2D eigenvalue weighted by Gasteiger charge is 2.31. The molecule has 34 heavy (non-hydrogen) atoms. The highest BCUT2D eigenvalue weighted by molar-refractivity contribution is 6.03. The van der Waals surface area contributed by atoms with E-state index >= 15 is 0 Å². The Kier molecular flexibility index (Phi) is 7.24. The van der Waals surface area contributed by atoms with Gasteiger partial charge in [-0.2, -0.15) is 5.26 Å². The maximum atomic E-state index is 12.9. The van der Waals surface area contributed by atoms with E-state index in [2.05, 4.69) is 21.3 Å². The molecule has 1 aromatic carbocycles. The third kappa shape index (κ3) is 5.10. The maximum absolute atomic E-state index is 12.9. The van der Waals surface area contributed by atoms with Crippen LogP contribution in [0.2, 0.25) is 0 Å². The number of nitrogens with one attached hydrogen (secondary N) is 1. The molecule has 176 valence electrons. The largest absolute Gasteiger partial charge is 0.353 e. The van der Waals surface area contributed by atoms with E-state index in [1.54, 1.807) is 6.20 Å². The smallest absolute Gasteiger partial charge is 0.220 e. The number of rotatable bonds is 7. The van der Waals surface area contributed by atoms with Crippen LogP contribution in [-0.2, 0) is 16.1 Å². The third-order valence-electron chi connectivity index (χ3n) is 6.50. The molecule has 2 aliphatic rings. The van der Waals surface area contributed by atoms with Gasteiger partial charge in [0.2, 0.25) is 5.91 Å². The number of piperidine rings is 1. The van der Waals surface area contributed by atoms with E-state index in [1.807, 2.05) is 66.4 Å². The van der Waals surface area contributed by atoms with Crippen LogP contribution >= 0.6 is 0 Å². The summed E-state index contributed by atoms with van der Waals surface area (Å²) in [6.45, 7) is 2.60. The number of Topliss-reactive ketones (excluding diaryl/α,β-unsaturated/α-hetero) is 1. The van der Waals surface area contributed by atoms with Crippen LogP contribution in [0.1, 0.15) is 31.4 Å². The number of anilines is 2. The first-order valence-electron chi connectivity index (χ1n) is 11.6. The van der Waals surface area contributed by atoms with Crippen molar-refractivity contribution >= 4 is 23.1 Å². The standard InChI is InChI=1S/C26H30N6O2/c1-30-22-8-3-4-9-23(22)31(2)26(30)21(17-27)24(33)10-11-25(34)29-19-12-15-32(16-13-19)18-20-7-5-6-14-28-20/h3-9,14,19H,10-13,15-16,18H2,1-2H3,(H,29,34). The molecular weight excluding hydrogens is 428 g/mol. The van der Waals surface area contributed by atoms with Crippen LogP contribution in [0.4, 0.5) is 11.4 Å². The van der Waals surface area contributed by atoms with E-state index in [9.17, 15) is 14.9 Å². The molecule has 0 unspecified atom stereocenters. The number of allylic oxidation sites excluding steroid dienone is 1. The monoisotopic (exact) mass is 458 g/mol. The normalized spacial score (nSPS) is 16.2. The van der Waals surface area contributed by atoms with Crippen molar-refractivity contribution in [3.8, 4) is 6.07 Å². The van der Waals surface area contributed by atoms with Gasteiger partial charge in [-0.25, -0.2) is 0 Å². The number of nitrogens with zero attached hydrogens (tertiary/aromatic N) is 5. The average Bonchev–Trinajstić information content (AvgIpc) is 3.11. The summed E-state index contributed by atoms with van der Waals surface area (Å²) in [5, 5.41) is 12.8. The minimum Gasteiger partial charge on any atom is -0.353 e. The van der Waals surface area contributed by atoms with Crippen molar-refractivity contribution in [1.29, 1.82) is 5.26 Å². The third-order valence-corrected chi connectivity index (χ3v) is 6.50. The Morgan fingerprint density at radius 2 is 1.68 bits per heavy atom. The van der Waals surface area contributed by atoms with Gasteiger partial charge in [-0.15, -0.1) is 0 Å². The van der Waals surface area contributed by atoms with Crippen LogP contribution in [-0.4, -0.2) is 54.8 Å². The molecule has 8 heteroatoms. The number of carbonyl (C=O) groups excluding carboxylic acids is 2. The summed E-state index contributed by atoms with van der Waals surface area (Å²) < 4.78 is 0. The molecule has 1 amide bonds. The first kappa shape index (κ1) is 23.5. The zero-order valence-electron chi connectivity index (χ0n) is 19.7. The summed E-state index contributed by atoms with van der Waals surface area (Å²) in [6, 6.07) is 15.9. The molecule has 1 N–H and O–H groups in total. The zero-order chi connectivity index (χ0) is 24.1. The molecule has 1 saturated heterocycles. The molecule has 2 aliphatic heterocycles. The molecule has 1 aromatic heterocycles.